The number of nitrogens with one attached hydrogen (secondary N) is 2. The van der Waals surface area contributed by atoms with Crippen molar-refractivity contribution in [3.05, 3.63) is 79.8 Å². The van der Waals surface area contributed by atoms with Gasteiger partial charge in [0.2, 0.25) is 5.91 Å². The molecule has 3 heterocycles. The summed E-state index contributed by atoms with van der Waals surface area (Å²) < 4.78 is 26.5. The number of benzene rings is 2. The van der Waals surface area contributed by atoms with Crippen LogP contribution in [0.4, 0.5) is 19.7 Å². The molecule has 0 bridgehead atoms. The van der Waals surface area contributed by atoms with Crippen LogP contribution in [0.3, 0.4) is 0 Å². The van der Waals surface area contributed by atoms with Gasteiger partial charge >= 0.3 is 17.8 Å². The van der Waals surface area contributed by atoms with Crippen molar-refractivity contribution in [1.82, 2.24) is 24.3 Å². The summed E-state index contributed by atoms with van der Waals surface area (Å²) in [4.78, 5) is 68.2. The average Bonchev–Trinajstić information content (AvgIpc) is 3.22. The third-order valence-corrected chi connectivity index (χ3v) is 8.62. The molecule has 1 fully saturated rings. The fourth-order valence-electron chi connectivity index (χ4n) is 5.74. The van der Waals surface area contributed by atoms with Gasteiger partial charge in [-0.2, -0.15) is 0 Å². The van der Waals surface area contributed by atoms with Gasteiger partial charge in [-0.15, -0.1) is 0 Å². The van der Waals surface area contributed by atoms with E-state index in [0.717, 1.165) is 26.5 Å². The molecule has 244 valence electrons. The molecule has 4 amide bonds. The minimum atomic E-state index is -0.803. The molecule has 1 aromatic heterocycles. The van der Waals surface area contributed by atoms with Gasteiger partial charge in [0, 0.05) is 50.2 Å². The number of anilines is 1. The van der Waals surface area contributed by atoms with Crippen molar-refractivity contribution in [2.45, 2.75) is 38.4 Å². The molecule has 0 spiro atoms. The number of amides is 4. The molecule has 2 aliphatic heterocycles. The maximum atomic E-state index is 14.3. The molecule has 0 saturated carbocycles. The third-order valence-electron chi connectivity index (χ3n) is 8.23. The summed E-state index contributed by atoms with van der Waals surface area (Å²) >= 11 is 6.17. The number of methoxy groups -OCH3 is 1. The predicted octanol–water partition coefficient (Wildman–Crippen LogP) is 2.92. The lowest BCUT2D eigenvalue weighted by atomic mass is 10.0. The Morgan fingerprint density at radius 3 is 2.57 bits per heavy atom. The Morgan fingerprint density at radius 2 is 1.85 bits per heavy atom. The number of halogens is 2. The minimum absolute atomic E-state index is 0.0472. The number of urea groups is 1. The van der Waals surface area contributed by atoms with E-state index in [1.54, 1.807) is 23.0 Å². The van der Waals surface area contributed by atoms with Crippen molar-refractivity contribution in [2.75, 3.05) is 45.7 Å². The van der Waals surface area contributed by atoms with Gasteiger partial charge in [0.25, 0.3) is 5.56 Å². The van der Waals surface area contributed by atoms with E-state index < -0.39 is 29.7 Å². The third kappa shape index (κ3) is 6.86. The predicted molar refractivity (Wildman–Crippen MR) is 168 cm³/mol. The summed E-state index contributed by atoms with van der Waals surface area (Å²) in [6.07, 6.45) is 2.16. The maximum Gasteiger partial charge on any atom is 0.406 e. The lowest BCUT2D eigenvalue weighted by Crippen LogP contribution is -2.51. The number of hydrogen-bond donors (Lipinski definition) is 2. The molecular weight excluding hydrogens is 623 g/mol. The smallest absolute Gasteiger partial charge is 0.406 e. The van der Waals surface area contributed by atoms with Crippen molar-refractivity contribution in [3.63, 3.8) is 0 Å². The number of alkyl carbamates (subject to hydrolysis) is 1. The van der Waals surface area contributed by atoms with Crippen LogP contribution in [0.25, 0.3) is 11.1 Å². The molecule has 3 aromatic rings. The molecule has 1 saturated heterocycles. The van der Waals surface area contributed by atoms with Crippen LogP contribution >= 0.6 is 11.6 Å². The standard InChI is InChI=1S/C31H34ClFN6O7/c1-34-30(43)46-15-14-39-28(41)23(22-4-3-5-24(33)27(22)32)17-37(31(39)44)18-26(40)36-11-9-20(10-12-36)38-13-8-19-16-21(45-2)6-7-25(19)35-29(38)42/h3-7,16-17,20H,8-15,18H2,1-2H3,(H,34,43)(H,35,42). The highest BCUT2D eigenvalue weighted by Crippen LogP contribution is 2.29. The molecule has 0 radical (unpaired) electrons. The number of hydrogen-bond acceptors (Lipinski definition) is 7. The van der Waals surface area contributed by atoms with Gasteiger partial charge in [-0.1, -0.05) is 23.7 Å². The number of aromatic nitrogens is 2. The Bertz CT molecular complexity index is 1770. The summed E-state index contributed by atoms with van der Waals surface area (Å²) in [6, 6.07) is 9.18. The first-order chi connectivity index (χ1) is 22.1. The fourth-order valence-corrected chi connectivity index (χ4v) is 5.97. The highest BCUT2D eigenvalue weighted by molar-refractivity contribution is 6.33. The zero-order valence-electron chi connectivity index (χ0n) is 25.4. The number of rotatable bonds is 8. The van der Waals surface area contributed by atoms with Gasteiger partial charge in [-0.3, -0.25) is 18.7 Å². The maximum absolute atomic E-state index is 14.3. The van der Waals surface area contributed by atoms with E-state index in [9.17, 15) is 28.4 Å². The van der Waals surface area contributed by atoms with Gasteiger partial charge in [-0.05, 0) is 49.1 Å². The normalized spacial score (nSPS) is 15.1. The Balaban J connectivity index is 1.31. The lowest BCUT2D eigenvalue weighted by Gasteiger charge is -2.38. The lowest BCUT2D eigenvalue weighted by molar-refractivity contribution is -0.133. The quantitative estimate of drug-likeness (QED) is 0.379. The molecule has 15 heteroatoms. The Morgan fingerprint density at radius 1 is 1.09 bits per heavy atom. The van der Waals surface area contributed by atoms with Crippen LogP contribution in [0.15, 0.2) is 52.2 Å². The SMILES string of the molecule is CNC(=O)OCCn1c(=O)c(-c2cccc(F)c2Cl)cn(CC(=O)N2CCC(N3CCc4cc(OC)ccc4NC3=O)CC2)c1=O. The van der Waals surface area contributed by atoms with Crippen molar-refractivity contribution in [3.8, 4) is 16.9 Å². The van der Waals surface area contributed by atoms with E-state index >= 15 is 0 Å². The zero-order chi connectivity index (χ0) is 33.0. The van der Waals surface area contributed by atoms with Gasteiger partial charge in [0.1, 0.15) is 24.7 Å². The second-order valence-electron chi connectivity index (χ2n) is 10.9. The average molecular weight is 657 g/mol. The molecule has 2 aliphatic rings. The summed E-state index contributed by atoms with van der Waals surface area (Å²) in [6.45, 7) is 0.202. The molecule has 5 rings (SSSR count). The van der Waals surface area contributed by atoms with E-state index in [2.05, 4.69) is 10.6 Å². The molecule has 13 nitrogen and oxygen atoms in total. The van der Waals surface area contributed by atoms with Crippen LogP contribution in [0, 0.1) is 5.82 Å². The number of carbonyl (C=O) groups excluding carboxylic acids is 3. The first-order valence-electron chi connectivity index (χ1n) is 14.8. The Kier molecular flexibility index (Phi) is 9.95. The van der Waals surface area contributed by atoms with Gasteiger partial charge < -0.3 is 29.9 Å². The number of fused-ring (bicyclic) bond motifs is 1. The molecule has 0 aliphatic carbocycles. The van der Waals surface area contributed by atoms with Gasteiger partial charge in [0.05, 0.1) is 24.2 Å². The monoisotopic (exact) mass is 656 g/mol. The number of ether oxygens (including phenoxy) is 2. The van der Waals surface area contributed by atoms with Crippen molar-refractivity contribution >= 4 is 35.3 Å². The minimum Gasteiger partial charge on any atom is -0.497 e. The Hall–Kier alpha value is -4.85. The van der Waals surface area contributed by atoms with Crippen molar-refractivity contribution in [2.24, 2.45) is 0 Å². The summed E-state index contributed by atoms with van der Waals surface area (Å²) in [7, 11) is 2.96. The number of piperidine rings is 1. The van der Waals surface area contributed by atoms with E-state index in [1.165, 1.54) is 25.4 Å². The summed E-state index contributed by atoms with van der Waals surface area (Å²) in [5, 5.41) is 4.93. The Labute approximate surface area is 268 Å². The van der Waals surface area contributed by atoms with Gasteiger partial charge in [0.15, 0.2) is 0 Å². The van der Waals surface area contributed by atoms with Crippen LogP contribution in [-0.4, -0.2) is 83.4 Å². The van der Waals surface area contributed by atoms with Crippen molar-refractivity contribution < 1.29 is 28.2 Å². The number of nitrogens with zero attached hydrogens (tertiary/aromatic N) is 4. The highest BCUT2D eigenvalue weighted by atomic mass is 35.5. The fraction of sp³-hybridized carbons (Fsp3) is 0.387. The summed E-state index contributed by atoms with van der Waals surface area (Å²) in [5.41, 5.74) is 0.0917. The van der Waals surface area contributed by atoms with Crippen LogP contribution in [0.5, 0.6) is 5.75 Å². The molecule has 0 atom stereocenters. The first-order valence-corrected chi connectivity index (χ1v) is 15.1. The largest absolute Gasteiger partial charge is 0.497 e. The molecule has 2 N–H and O–H groups in total. The van der Waals surface area contributed by atoms with E-state index in [-0.39, 0.29) is 47.3 Å². The van der Waals surface area contributed by atoms with Crippen LogP contribution < -0.4 is 26.6 Å². The zero-order valence-corrected chi connectivity index (χ0v) is 26.1. The molecule has 0 unspecified atom stereocenters. The van der Waals surface area contributed by atoms with Gasteiger partial charge in [-0.25, -0.2) is 18.8 Å². The summed E-state index contributed by atoms with van der Waals surface area (Å²) in [5.74, 6) is -0.416. The van der Waals surface area contributed by atoms with Crippen molar-refractivity contribution in [1.29, 1.82) is 0 Å². The number of carbonyl (C=O) groups is 3. The first kappa shape index (κ1) is 32.5. The molecule has 2 aromatic carbocycles. The van der Waals surface area contributed by atoms with E-state index in [1.807, 2.05) is 12.1 Å². The van der Waals surface area contributed by atoms with E-state index in [0.29, 0.717) is 44.6 Å². The van der Waals surface area contributed by atoms with Crippen LogP contribution in [0.1, 0.15) is 18.4 Å². The molecular formula is C31H34ClFN6O7. The second kappa shape index (κ2) is 14.1. The topological polar surface area (TPSA) is 144 Å². The highest BCUT2D eigenvalue weighted by Gasteiger charge is 2.32. The number of likely N-dealkylation sites (tertiary alicyclic amines) is 1. The molecule has 46 heavy (non-hydrogen) atoms. The van der Waals surface area contributed by atoms with Crippen LogP contribution in [-0.2, 0) is 29.0 Å². The second-order valence-corrected chi connectivity index (χ2v) is 11.3. The van der Waals surface area contributed by atoms with E-state index in [4.69, 9.17) is 21.1 Å². The van der Waals surface area contributed by atoms with Crippen LogP contribution in [0.2, 0.25) is 5.02 Å².